The van der Waals surface area contributed by atoms with Gasteiger partial charge in [0.05, 0.1) is 13.7 Å². The number of carbonyl (C=O) groups excluding carboxylic acids is 2. The van der Waals surface area contributed by atoms with E-state index in [-0.39, 0.29) is 40.9 Å². The zero-order valence-electron chi connectivity index (χ0n) is 23.8. The molecule has 4 aromatic rings. The number of phenols is 2. The van der Waals surface area contributed by atoms with E-state index in [1.807, 2.05) is 30.3 Å². The Hall–Kier alpha value is -5.52. The summed E-state index contributed by atoms with van der Waals surface area (Å²) in [6.07, 6.45) is -1.69. The lowest BCUT2D eigenvalue weighted by Crippen LogP contribution is -2.37. The first-order valence-corrected chi connectivity index (χ1v) is 13.9. The number of esters is 1. The van der Waals surface area contributed by atoms with E-state index in [0.717, 1.165) is 11.6 Å². The summed E-state index contributed by atoms with van der Waals surface area (Å²) in [6.45, 7) is -0.372. The van der Waals surface area contributed by atoms with Gasteiger partial charge in [-0.25, -0.2) is 4.79 Å². The largest absolute Gasteiger partial charge is 0.507 e. The third kappa shape index (κ3) is 5.86. The molecule has 0 fully saturated rings. The van der Waals surface area contributed by atoms with Crippen molar-refractivity contribution in [1.29, 1.82) is 0 Å². The molecule has 2 aliphatic rings. The van der Waals surface area contributed by atoms with Crippen LogP contribution in [0, 0.1) is 0 Å². The molecule has 0 aliphatic carbocycles. The molecule has 230 valence electrons. The first kappa shape index (κ1) is 29.5. The second kappa shape index (κ2) is 12.2. The normalized spacial score (nSPS) is 20.3. The molecule has 0 aromatic heterocycles. The second-order valence-electron chi connectivity index (χ2n) is 10.3. The van der Waals surface area contributed by atoms with Gasteiger partial charge in [-0.3, -0.25) is 4.79 Å². The summed E-state index contributed by atoms with van der Waals surface area (Å²) in [5.74, 6) is -1.47. The fourth-order valence-electron chi connectivity index (χ4n) is 5.21. The van der Waals surface area contributed by atoms with Crippen molar-refractivity contribution in [2.75, 3.05) is 13.7 Å². The zero-order chi connectivity index (χ0) is 31.7. The van der Waals surface area contributed by atoms with Gasteiger partial charge < -0.3 is 44.1 Å². The molecule has 4 aromatic carbocycles. The van der Waals surface area contributed by atoms with Crippen molar-refractivity contribution in [3.63, 3.8) is 0 Å². The fraction of sp³-hybridized carbons (Fsp3) is 0.176. The van der Waals surface area contributed by atoms with Gasteiger partial charge in [-0.05, 0) is 41.5 Å². The van der Waals surface area contributed by atoms with Gasteiger partial charge in [-0.1, -0.05) is 42.5 Å². The van der Waals surface area contributed by atoms with E-state index < -0.39 is 41.9 Å². The minimum Gasteiger partial charge on any atom is -0.507 e. The number of benzene rings is 4. The first-order valence-electron chi connectivity index (χ1n) is 13.9. The monoisotopic (exact) mass is 612 g/mol. The molecule has 45 heavy (non-hydrogen) atoms. The second-order valence-corrected chi connectivity index (χ2v) is 10.3. The summed E-state index contributed by atoms with van der Waals surface area (Å²) in [4.78, 5) is 25.6. The van der Waals surface area contributed by atoms with Crippen LogP contribution in [-0.2, 0) is 4.79 Å². The molecule has 6 rings (SSSR count). The maximum Gasteiger partial charge on any atom is 0.336 e. The minimum absolute atomic E-state index is 0.0674. The van der Waals surface area contributed by atoms with Crippen LogP contribution in [0.5, 0.6) is 40.2 Å². The quantitative estimate of drug-likeness (QED) is 0.134. The van der Waals surface area contributed by atoms with E-state index in [1.54, 1.807) is 30.3 Å². The molecule has 0 saturated carbocycles. The van der Waals surface area contributed by atoms with Crippen molar-refractivity contribution in [2.45, 2.75) is 24.4 Å². The van der Waals surface area contributed by atoms with Crippen LogP contribution in [0.1, 0.15) is 39.3 Å². The van der Waals surface area contributed by atoms with Gasteiger partial charge in [0.2, 0.25) is 5.78 Å². The topological polar surface area (TPSA) is 161 Å². The lowest BCUT2D eigenvalue weighted by Gasteiger charge is -2.35. The van der Waals surface area contributed by atoms with Gasteiger partial charge in [0.15, 0.2) is 47.4 Å². The van der Waals surface area contributed by atoms with E-state index in [9.17, 15) is 30.0 Å². The third-order valence-electron chi connectivity index (χ3n) is 7.42. The van der Waals surface area contributed by atoms with E-state index in [4.69, 9.17) is 23.7 Å². The predicted octanol–water partition coefficient (Wildman–Crippen LogP) is 4.28. The van der Waals surface area contributed by atoms with E-state index >= 15 is 0 Å². The number of aliphatic hydroxyl groups is 2. The summed E-state index contributed by atoms with van der Waals surface area (Å²) < 4.78 is 28.7. The molecule has 4 atom stereocenters. The van der Waals surface area contributed by atoms with Crippen molar-refractivity contribution in [3.8, 4) is 40.2 Å². The third-order valence-corrected chi connectivity index (χ3v) is 7.42. The number of ether oxygens (including phenoxy) is 5. The molecule has 0 spiro atoms. The van der Waals surface area contributed by atoms with Gasteiger partial charge in [-0.2, -0.15) is 0 Å². The Bertz CT molecular complexity index is 1780. The first-order chi connectivity index (χ1) is 21.7. The summed E-state index contributed by atoms with van der Waals surface area (Å²) in [5, 5.41) is 41.5. The average Bonchev–Trinajstić information content (AvgIpc) is 3.05. The minimum atomic E-state index is -1.68. The van der Waals surface area contributed by atoms with Crippen molar-refractivity contribution < 1.29 is 53.7 Å². The lowest BCUT2D eigenvalue weighted by molar-refractivity contribution is -0.128. The van der Waals surface area contributed by atoms with Crippen LogP contribution in [0.25, 0.3) is 6.08 Å². The molecular weight excluding hydrogens is 584 g/mol. The molecule has 4 N–H and O–H groups in total. The number of hydrogen-bond acceptors (Lipinski definition) is 11. The van der Waals surface area contributed by atoms with E-state index in [2.05, 4.69) is 0 Å². The lowest BCUT2D eigenvalue weighted by atomic mass is 9.92. The SMILES string of the molecule is COc1cc(C2Oc3cc([C@H]4Oc5cc(OC(=O)/C=C/c6ccccc6)cc(O)c5C(=O)[C@@H]4O)ccc3OC2CO)ccc1O. The highest BCUT2D eigenvalue weighted by Crippen LogP contribution is 2.46. The highest BCUT2D eigenvalue weighted by atomic mass is 16.6. The van der Waals surface area contributed by atoms with Crippen LogP contribution in [0.3, 0.4) is 0 Å². The highest BCUT2D eigenvalue weighted by molar-refractivity contribution is 6.05. The number of hydrogen-bond donors (Lipinski definition) is 4. The molecule has 0 amide bonds. The van der Waals surface area contributed by atoms with Crippen LogP contribution >= 0.6 is 0 Å². The Morgan fingerprint density at radius 1 is 0.844 bits per heavy atom. The maximum atomic E-state index is 13.2. The Balaban J connectivity index is 1.26. The van der Waals surface area contributed by atoms with Crippen LogP contribution in [0.4, 0.5) is 0 Å². The number of phenolic OH excluding ortho intramolecular Hbond substituents is 2. The Morgan fingerprint density at radius 2 is 1.58 bits per heavy atom. The highest BCUT2D eigenvalue weighted by Gasteiger charge is 2.40. The van der Waals surface area contributed by atoms with Crippen LogP contribution in [0.15, 0.2) is 84.9 Å². The zero-order valence-corrected chi connectivity index (χ0v) is 23.8. The fourth-order valence-corrected chi connectivity index (χ4v) is 5.21. The molecule has 0 radical (unpaired) electrons. The Kier molecular flexibility index (Phi) is 8.03. The van der Waals surface area contributed by atoms with E-state index in [1.165, 1.54) is 31.4 Å². The smallest absolute Gasteiger partial charge is 0.336 e. The Morgan fingerprint density at radius 3 is 2.33 bits per heavy atom. The van der Waals surface area contributed by atoms with Gasteiger partial charge in [0.1, 0.15) is 22.8 Å². The van der Waals surface area contributed by atoms with Crippen molar-refractivity contribution in [3.05, 3.63) is 107 Å². The number of fused-ring (bicyclic) bond motifs is 2. The van der Waals surface area contributed by atoms with Crippen LogP contribution in [0.2, 0.25) is 0 Å². The van der Waals surface area contributed by atoms with Gasteiger partial charge >= 0.3 is 5.97 Å². The van der Waals surface area contributed by atoms with Crippen LogP contribution < -0.4 is 23.7 Å². The number of Topliss-reactive ketones (excluding diaryl/α,β-unsaturated/α-hetero) is 1. The number of ketones is 1. The van der Waals surface area contributed by atoms with Crippen molar-refractivity contribution >= 4 is 17.8 Å². The summed E-state index contributed by atoms with van der Waals surface area (Å²) in [6, 6.07) is 20.8. The molecule has 0 bridgehead atoms. The molecule has 11 nitrogen and oxygen atoms in total. The maximum absolute atomic E-state index is 13.2. The molecule has 0 saturated heterocycles. The Labute approximate surface area is 257 Å². The standard InChI is InChI=1S/C34H28O11/c1-41-25-13-19(8-10-22(25)36)33-28(17-35)43-24-11-9-20(14-26(24)44-33)34-32(40)31(39)30-23(37)15-21(16-27(30)45-34)42-29(38)12-7-18-5-3-2-4-6-18/h2-16,28,32-37,40H,17H2,1H3/b12-7+/t28?,32-,33?,34+/m0/s1. The predicted molar refractivity (Wildman–Crippen MR) is 159 cm³/mol. The average molecular weight is 613 g/mol. The number of rotatable bonds is 7. The van der Waals surface area contributed by atoms with E-state index in [0.29, 0.717) is 16.9 Å². The van der Waals surface area contributed by atoms with Crippen molar-refractivity contribution in [2.24, 2.45) is 0 Å². The van der Waals surface area contributed by atoms with Gasteiger partial charge in [-0.15, -0.1) is 0 Å². The molecule has 2 aliphatic heterocycles. The number of aliphatic hydroxyl groups excluding tert-OH is 2. The van der Waals surface area contributed by atoms with Gasteiger partial charge in [0.25, 0.3) is 0 Å². The van der Waals surface area contributed by atoms with Crippen LogP contribution in [-0.4, -0.2) is 58.1 Å². The number of methoxy groups -OCH3 is 1. The summed E-state index contributed by atoms with van der Waals surface area (Å²) in [7, 11) is 1.41. The number of aromatic hydroxyl groups is 2. The summed E-state index contributed by atoms with van der Waals surface area (Å²) in [5.41, 5.74) is 1.45. The molecular formula is C34H28O11. The van der Waals surface area contributed by atoms with Crippen molar-refractivity contribution in [1.82, 2.24) is 0 Å². The molecule has 11 heteroatoms. The number of carbonyl (C=O) groups is 2. The molecule has 2 heterocycles. The van der Waals surface area contributed by atoms with Gasteiger partial charge in [0, 0.05) is 23.8 Å². The molecule has 2 unspecified atom stereocenters. The summed E-state index contributed by atoms with van der Waals surface area (Å²) >= 11 is 0.